The molecule has 9 heteroatoms. The lowest BCUT2D eigenvalue weighted by Gasteiger charge is -2.27. The van der Waals surface area contributed by atoms with Crippen molar-refractivity contribution in [2.24, 2.45) is 0 Å². The number of pyridine rings is 1. The van der Waals surface area contributed by atoms with Gasteiger partial charge in [0.15, 0.2) is 5.11 Å². The number of ether oxygens (including phenoxy) is 1. The second-order valence-electron chi connectivity index (χ2n) is 7.79. The zero-order valence-corrected chi connectivity index (χ0v) is 20.8. The number of rotatable bonds is 6. The van der Waals surface area contributed by atoms with Crippen LogP contribution in [0, 0.1) is 13.8 Å². The molecule has 6 nitrogen and oxygen atoms in total. The van der Waals surface area contributed by atoms with Crippen molar-refractivity contribution in [1.82, 2.24) is 19.8 Å². The van der Waals surface area contributed by atoms with Gasteiger partial charge >= 0.3 is 5.97 Å². The maximum atomic E-state index is 12.4. The van der Waals surface area contributed by atoms with Gasteiger partial charge < -0.3 is 19.5 Å². The summed E-state index contributed by atoms with van der Waals surface area (Å²) in [6.07, 6.45) is 1.75. The number of halogens is 2. The van der Waals surface area contributed by atoms with Crippen LogP contribution in [-0.2, 0) is 9.53 Å². The van der Waals surface area contributed by atoms with Gasteiger partial charge in [0.2, 0.25) is 0 Å². The predicted octanol–water partition coefficient (Wildman–Crippen LogP) is 5.33. The second-order valence-corrected chi connectivity index (χ2v) is 8.97. The number of hydrogen-bond acceptors (Lipinski definition) is 4. The number of benzene rings is 1. The summed E-state index contributed by atoms with van der Waals surface area (Å²) in [6, 6.07) is 12.9. The van der Waals surface area contributed by atoms with Crippen molar-refractivity contribution in [1.29, 1.82) is 0 Å². The maximum Gasteiger partial charge on any atom is 0.325 e. The lowest BCUT2D eigenvalue weighted by molar-refractivity contribution is -0.143. The van der Waals surface area contributed by atoms with E-state index in [2.05, 4.69) is 20.9 Å². The summed E-state index contributed by atoms with van der Waals surface area (Å²) in [5, 5.41) is 4.82. The van der Waals surface area contributed by atoms with Gasteiger partial charge in [-0.1, -0.05) is 35.3 Å². The van der Waals surface area contributed by atoms with Crippen LogP contribution in [0.25, 0.3) is 5.69 Å². The summed E-state index contributed by atoms with van der Waals surface area (Å²) < 4.78 is 7.29. The number of nitrogens with zero attached hydrogens (tertiary/aromatic N) is 3. The van der Waals surface area contributed by atoms with Crippen molar-refractivity contribution in [3.63, 3.8) is 0 Å². The predicted molar refractivity (Wildman–Crippen MR) is 134 cm³/mol. The first-order chi connectivity index (χ1) is 15.8. The summed E-state index contributed by atoms with van der Waals surface area (Å²) in [5.74, 6) is -0.333. The Morgan fingerprint density at radius 1 is 1.21 bits per heavy atom. The Hall–Kier alpha value is -2.61. The molecule has 1 N–H and O–H groups in total. The van der Waals surface area contributed by atoms with E-state index in [0.717, 1.165) is 28.3 Å². The van der Waals surface area contributed by atoms with E-state index < -0.39 is 0 Å². The summed E-state index contributed by atoms with van der Waals surface area (Å²) in [7, 11) is 0. The van der Waals surface area contributed by atoms with Crippen LogP contribution in [0.2, 0.25) is 10.0 Å². The van der Waals surface area contributed by atoms with Gasteiger partial charge in [0, 0.05) is 17.6 Å². The fraction of sp³-hybridized carbons (Fsp3) is 0.292. The molecule has 0 radical (unpaired) electrons. The van der Waals surface area contributed by atoms with E-state index in [1.54, 1.807) is 19.2 Å². The molecule has 2 atom stereocenters. The van der Waals surface area contributed by atoms with Crippen molar-refractivity contribution in [3.05, 3.63) is 81.4 Å². The molecule has 0 amide bonds. The van der Waals surface area contributed by atoms with E-state index in [-0.39, 0.29) is 24.6 Å². The summed E-state index contributed by atoms with van der Waals surface area (Å²) >= 11 is 18.5. The molecule has 3 aromatic rings. The largest absolute Gasteiger partial charge is 0.465 e. The van der Waals surface area contributed by atoms with Crippen LogP contribution in [0.1, 0.15) is 41.7 Å². The third-order valence-corrected chi connectivity index (χ3v) is 6.92. The number of carbonyl (C=O) groups excluding carboxylic acids is 1. The van der Waals surface area contributed by atoms with Crippen LogP contribution >= 0.6 is 35.4 Å². The number of esters is 1. The Morgan fingerprint density at radius 2 is 2.00 bits per heavy atom. The second kappa shape index (κ2) is 9.71. The third kappa shape index (κ3) is 4.45. The van der Waals surface area contributed by atoms with Gasteiger partial charge in [-0.2, -0.15) is 0 Å². The molecule has 2 aromatic heterocycles. The molecule has 1 aromatic carbocycles. The first-order valence-electron chi connectivity index (χ1n) is 10.6. The molecular formula is C24H24Cl2N4O2S. The molecule has 0 spiro atoms. The van der Waals surface area contributed by atoms with Crippen LogP contribution in [0.15, 0.2) is 48.7 Å². The molecule has 0 aliphatic carbocycles. The number of thiocarbonyl (C=S) groups is 1. The minimum absolute atomic E-state index is 0.0370. The maximum absolute atomic E-state index is 12.4. The first kappa shape index (κ1) is 23.5. The Morgan fingerprint density at radius 3 is 2.70 bits per heavy atom. The quantitative estimate of drug-likeness (QED) is 0.363. The van der Waals surface area contributed by atoms with Crippen molar-refractivity contribution in [2.45, 2.75) is 32.9 Å². The minimum atomic E-state index is -0.333. The van der Waals surface area contributed by atoms with E-state index in [1.807, 2.05) is 49.1 Å². The monoisotopic (exact) mass is 502 g/mol. The number of aromatic nitrogens is 2. The lowest BCUT2D eigenvalue weighted by Crippen LogP contribution is -2.35. The summed E-state index contributed by atoms with van der Waals surface area (Å²) in [5.41, 5.74) is 4.60. The van der Waals surface area contributed by atoms with Crippen molar-refractivity contribution in [2.75, 3.05) is 13.2 Å². The van der Waals surface area contributed by atoms with Gasteiger partial charge in [0.05, 0.1) is 40.1 Å². The molecule has 4 rings (SSSR count). The molecule has 0 bridgehead atoms. The van der Waals surface area contributed by atoms with Crippen molar-refractivity contribution in [3.8, 4) is 5.69 Å². The Balaban J connectivity index is 1.84. The average molecular weight is 503 g/mol. The van der Waals surface area contributed by atoms with Crippen molar-refractivity contribution < 1.29 is 9.53 Å². The lowest BCUT2D eigenvalue weighted by atomic mass is 9.97. The molecule has 172 valence electrons. The van der Waals surface area contributed by atoms with Crippen LogP contribution in [0.3, 0.4) is 0 Å². The molecule has 1 fully saturated rings. The molecule has 33 heavy (non-hydrogen) atoms. The normalized spacial score (nSPS) is 17.8. The van der Waals surface area contributed by atoms with Crippen LogP contribution in [0.5, 0.6) is 0 Å². The highest BCUT2D eigenvalue weighted by Gasteiger charge is 2.42. The van der Waals surface area contributed by atoms with Gasteiger partial charge in [-0.05, 0) is 68.9 Å². The summed E-state index contributed by atoms with van der Waals surface area (Å²) in [6.45, 7) is 6.17. The minimum Gasteiger partial charge on any atom is -0.465 e. The third-order valence-electron chi connectivity index (χ3n) is 5.76. The van der Waals surface area contributed by atoms with Crippen LogP contribution in [0.4, 0.5) is 0 Å². The zero-order valence-electron chi connectivity index (χ0n) is 18.5. The first-order valence-corrected chi connectivity index (χ1v) is 11.8. The molecule has 1 aliphatic rings. The van der Waals surface area contributed by atoms with Gasteiger partial charge in [-0.3, -0.25) is 9.78 Å². The molecular weight excluding hydrogens is 479 g/mol. The molecule has 1 saturated heterocycles. The van der Waals surface area contributed by atoms with E-state index in [4.69, 9.17) is 40.2 Å². The SMILES string of the molecule is CCOC(=O)CN1C(=S)N[C@@H](c2ccccn2)[C@H]1c1cc(C)n(-c2cccc(Cl)c2Cl)c1C. The summed E-state index contributed by atoms with van der Waals surface area (Å²) in [4.78, 5) is 18.8. The molecule has 3 heterocycles. The highest BCUT2D eigenvalue weighted by atomic mass is 35.5. The smallest absolute Gasteiger partial charge is 0.325 e. The Labute approximate surface area is 208 Å². The highest BCUT2D eigenvalue weighted by molar-refractivity contribution is 7.80. The van der Waals surface area contributed by atoms with Crippen molar-refractivity contribution >= 4 is 46.5 Å². The fourth-order valence-electron chi connectivity index (χ4n) is 4.38. The Kier molecular flexibility index (Phi) is 6.93. The van der Waals surface area contributed by atoms with Crippen LogP contribution in [-0.4, -0.2) is 38.7 Å². The number of carbonyl (C=O) groups is 1. The fourth-order valence-corrected chi connectivity index (χ4v) is 5.07. The molecule has 0 saturated carbocycles. The topological polar surface area (TPSA) is 59.4 Å². The number of hydrogen-bond donors (Lipinski definition) is 1. The van der Waals surface area contributed by atoms with Gasteiger partial charge in [0.1, 0.15) is 6.54 Å². The average Bonchev–Trinajstić information content (AvgIpc) is 3.26. The van der Waals surface area contributed by atoms with Gasteiger partial charge in [-0.25, -0.2) is 0 Å². The molecule has 1 aliphatic heterocycles. The highest BCUT2D eigenvalue weighted by Crippen LogP contribution is 2.42. The van der Waals surface area contributed by atoms with E-state index >= 15 is 0 Å². The van der Waals surface area contributed by atoms with Gasteiger partial charge in [0.25, 0.3) is 0 Å². The number of nitrogens with one attached hydrogen (secondary N) is 1. The number of aryl methyl sites for hydroxylation is 1. The van der Waals surface area contributed by atoms with Crippen LogP contribution < -0.4 is 5.32 Å². The van der Waals surface area contributed by atoms with E-state index in [9.17, 15) is 4.79 Å². The standard InChI is InChI=1S/C24H24Cl2N4O2S/c1-4-32-20(31)13-29-23(22(28-24(29)33)18-9-5-6-11-27-18)16-12-14(2)30(15(16)3)19-10-7-8-17(25)21(19)26/h5-12,22-23H,4,13H2,1-3H3,(H,28,33)/t22-,23+/m0/s1. The van der Waals surface area contributed by atoms with E-state index in [1.165, 1.54) is 0 Å². The molecule has 0 unspecified atom stereocenters. The van der Waals surface area contributed by atoms with E-state index in [0.29, 0.717) is 21.8 Å². The zero-order chi connectivity index (χ0) is 23.7. The Bertz CT molecular complexity index is 1200. The van der Waals surface area contributed by atoms with Gasteiger partial charge in [-0.15, -0.1) is 0 Å².